The average molecular weight is 509 g/mol. The number of halogens is 6. The first kappa shape index (κ1) is 27.6. The Bertz CT molecular complexity index is 1120. The lowest BCUT2D eigenvalue weighted by molar-refractivity contribution is -0.187. The lowest BCUT2D eigenvalue weighted by Gasteiger charge is -2.32. The third-order valence-electron chi connectivity index (χ3n) is 6.39. The molecule has 0 aliphatic heterocycles. The van der Waals surface area contributed by atoms with Crippen molar-refractivity contribution in [2.45, 2.75) is 58.0 Å². The van der Waals surface area contributed by atoms with E-state index in [1.54, 1.807) is 6.08 Å². The summed E-state index contributed by atoms with van der Waals surface area (Å²) in [5.41, 5.74) is 0.422. The lowest BCUT2D eigenvalue weighted by atomic mass is 9.77. The van der Waals surface area contributed by atoms with Crippen molar-refractivity contribution < 1.29 is 31.1 Å². The fourth-order valence-electron chi connectivity index (χ4n) is 4.30. The lowest BCUT2D eigenvalue weighted by Crippen LogP contribution is -2.28. The second-order valence-electron chi connectivity index (χ2n) is 8.95. The predicted octanol–water partition coefficient (Wildman–Crippen LogP) is 9.15. The molecule has 0 aromatic heterocycles. The first-order chi connectivity index (χ1) is 17.1. The molecule has 0 amide bonds. The van der Waals surface area contributed by atoms with Gasteiger partial charge in [-0.25, -0.2) is 17.6 Å². The molecule has 0 fully saturated rings. The highest BCUT2D eigenvalue weighted by atomic mass is 19.3. The molecule has 0 N–H and O–H groups in total. The monoisotopic (exact) mass is 508 g/mol. The SMILES string of the molecule is C=CCCc1ccc(C(F)(F)Oc2ccc3c(c2F)C(F)C(F)C(C)/C3=C\C=C(/CF)CCC)cc1. The Morgan fingerprint density at radius 3 is 2.42 bits per heavy atom. The molecule has 2 aromatic rings. The Kier molecular flexibility index (Phi) is 9.09. The van der Waals surface area contributed by atoms with Crippen molar-refractivity contribution in [1.29, 1.82) is 0 Å². The van der Waals surface area contributed by atoms with Crippen LogP contribution in [0.4, 0.5) is 26.3 Å². The van der Waals surface area contributed by atoms with Crippen molar-refractivity contribution in [3.05, 3.63) is 94.8 Å². The summed E-state index contributed by atoms with van der Waals surface area (Å²) < 4.78 is 92.7. The Morgan fingerprint density at radius 1 is 1.11 bits per heavy atom. The van der Waals surface area contributed by atoms with Gasteiger partial charge in [0.25, 0.3) is 0 Å². The molecule has 1 nitrogen and oxygen atoms in total. The number of aryl methyl sites for hydroxylation is 1. The second kappa shape index (κ2) is 11.8. The Hall–Kier alpha value is -2.96. The largest absolute Gasteiger partial charge is 0.426 e. The van der Waals surface area contributed by atoms with Gasteiger partial charge in [-0.3, -0.25) is 0 Å². The summed E-state index contributed by atoms with van der Waals surface area (Å²) in [6.07, 6.45) is -1.23. The molecular formula is C29H30F6O. The zero-order valence-corrected chi connectivity index (χ0v) is 20.3. The maximum absolute atomic E-state index is 15.3. The van der Waals surface area contributed by atoms with E-state index in [1.807, 2.05) is 6.92 Å². The number of rotatable bonds is 10. The quantitative estimate of drug-likeness (QED) is 0.230. The summed E-state index contributed by atoms with van der Waals surface area (Å²) in [7, 11) is 0. The summed E-state index contributed by atoms with van der Waals surface area (Å²) in [6, 6.07) is 7.61. The van der Waals surface area contributed by atoms with Crippen LogP contribution in [0.2, 0.25) is 0 Å². The van der Waals surface area contributed by atoms with Gasteiger partial charge in [0.15, 0.2) is 17.7 Å². The number of hydrogen-bond donors (Lipinski definition) is 0. The van der Waals surface area contributed by atoms with Crippen LogP contribution < -0.4 is 4.74 Å². The summed E-state index contributed by atoms with van der Waals surface area (Å²) in [4.78, 5) is 0. The van der Waals surface area contributed by atoms with Crippen LogP contribution in [-0.2, 0) is 12.5 Å². The van der Waals surface area contributed by atoms with Gasteiger partial charge in [-0.2, -0.15) is 8.78 Å². The van der Waals surface area contributed by atoms with Crippen LogP contribution in [-0.4, -0.2) is 12.8 Å². The molecule has 1 aliphatic rings. The first-order valence-corrected chi connectivity index (χ1v) is 12.0. The average Bonchev–Trinajstić information content (AvgIpc) is 2.86. The standard InChI is InChI=1S/C29H30F6O/c1-4-6-8-19-9-12-21(13-10-19)29(34,35)36-24-16-15-23-22(14-11-20(17-30)7-5-2)18(3)26(31)28(33)25(23)27(24)32/h4,9-16,18,26,28H,1,5-8,17H2,2-3H3/b20-11-,22-14+. The molecule has 0 spiro atoms. The summed E-state index contributed by atoms with van der Waals surface area (Å²) in [5, 5.41) is 0. The Labute approximate surface area is 208 Å². The molecule has 3 rings (SSSR count). The van der Waals surface area contributed by atoms with Crippen molar-refractivity contribution in [2.24, 2.45) is 5.92 Å². The van der Waals surface area contributed by atoms with Gasteiger partial charge in [-0.05, 0) is 59.7 Å². The number of fused-ring (bicyclic) bond motifs is 1. The van der Waals surface area contributed by atoms with Crippen molar-refractivity contribution >= 4 is 5.57 Å². The summed E-state index contributed by atoms with van der Waals surface area (Å²) in [6.45, 7) is 6.25. The van der Waals surface area contributed by atoms with Gasteiger partial charge < -0.3 is 4.74 Å². The van der Waals surface area contributed by atoms with Crippen molar-refractivity contribution in [3.63, 3.8) is 0 Å². The topological polar surface area (TPSA) is 9.23 Å². The molecule has 3 unspecified atom stereocenters. The zero-order valence-electron chi connectivity index (χ0n) is 20.3. The van der Waals surface area contributed by atoms with Crippen LogP contribution in [0.3, 0.4) is 0 Å². The van der Waals surface area contributed by atoms with Gasteiger partial charge in [-0.1, -0.05) is 56.7 Å². The van der Waals surface area contributed by atoms with E-state index in [9.17, 15) is 22.0 Å². The highest BCUT2D eigenvalue weighted by molar-refractivity contribution is 5.75. The van der Waals surface area contributed by atoms with Crippen LogP contribution in [0.25, 0.3) is 5.57 Å². The first-order valence-electron chi connectivity index (χ1n) is 12.0. The fourth-order valence-corrected chi connectivity index (χ4v) is 4.30. The summed E-state index contributed by atoms with van der Waals surface area (Å²) >= 11 is 0. The highest BCUT2D eigenvalue weighted by Crippen LogP contribution is 2.48. The third-order valence-corrected chi connectivity index (χ3v) is 6.39. The second-order valence-corrected chi connectivity index (χ2v) is 8.95. The maximum atomic E-state index is 15.3. The number of allylic oxidation sites excluding steroid dienone is 5. The van der Waals surface area contributed by atoms with E-state index in [1.165, 1.54) is 49.4 Å². The van der Waals surface area contributed by atoms with E-state index in [-0.39, 0.29) is 11.1 Å². The minimum Gasteiger partial charge on any atom is -0.426 e. The van der Waals surface area contributed by atoms with E-state index < -0.39 is 53.7 Å². The van der Waals surface area contributed by atoms with Crippen LogP contribution >= 0.6 is 0 Å². The molecule has 36 heavy (non-hydrogen) atoms. The molecule has 0 saturated carbocycles. The van der Waals surface area contributed by atoms with E-state index in [2.05, 4.69) is 6.58 Å². The van der Waals surface area contributed by atoms with E-state index in [0.29, 0.717) is 31.3 Å². The van der Waals surface area contributed by atoms with Crippen LogP contribution in [0.1, 0.15) is 61.5 Å². The van der Waals surface area contributed by atoms with Gasteiger partial charge >= 0.3 is 6.11 Å². The minimum absolute atomic E-state index is 0.0506. The molecule has 2 aromatic carbocycles. The van der Waals surface area contributed by atoms with E-state index in [0.717, 1.165) is 11.6 Å². The molecular weight excluding hydrogens is 478 g/mol. The molecule has 3 atom stereocenters. The summed E-state index contributed by atoms with van der Waals surface area (Å²) in [5.74, 6) is -3.21. The molecule has 7 heteroatoms. The molecule has 1 aliphatic carbocycles. The smallest absolute Gasteiger partial charge is 0.426 e. The van der Waals surface area contributed by atoms with Crippen LogP contribution in [0.5, 0.6) is 5.75 Å². The number of benzene rings is 2. The van der Waals surface area contributed by atoms with Crippen molar-refractivity contribution in [1.82, 2.24) is 0 Å². The third kappa shape index (κ3) is 5.88. The zero-order chi connectivity index (χ0) is 26.5. The predicted molar refractivity (Wildman–Crippen MR) is 131 cm³/mol. The molecule has 194 valence electrons. The van der Waals surface area contributed by atoms with Gasteiger partial charge in [0.1, 0.15) is 12.8 Å². The Balaban J connectivity index is 1.97. The molecule has 0 saturated heterocycles. The van der Waals surface area contributed by atoms with E-state index in [4.69, 9.17) is 4.74 Å². The van der Waals surface area contributed by atoms with Gasteiger partial charge in [0, 0.05) is 11.5 Å². The molecule has 0 radical (unpaired) electrons. The number of hydrogen-bond acceptors (Lipinski definition) is 1. The normalized spacial score (nSPS) is 21.4. The van der Waals surface area contributed by atoms with Gasteiger partial charge in [0.2, 0.25) is 0 Å². The number of ether oxygens (including phenoxy) is 1. The van der Waals surface area contributed by atoms with Crippen LogP contribution in [0, 0.1) is 11.7 Å². The van der Waals surface area contributed by atoms with Crippen LogP contribution in [0.15, 0.2) is 66.8 Å². The molecule has 0 bridgehead atoms. The van der Waals surface area contributed by atoms with Crippen molar-refractivity contribution in [3.8, 4) is 5.75 Å². The highest BCUT2D eigenvalue weighted by Gasteiger charge is 2.42. The fraction of sp³-hybridized carbons (Fsp3) is 0.379. The van der Waals surface area contributed by atoms with Crippen molar-refractivity contribution in [2.75, 3.05) is 6.67 Å². The van der Waals surface area contributed by atoms with Gasteiger partial charge in [0.05, 0.1) is 5.56 Å². The number of alkyl halides is 5. The van der Waals surface area contributed by atoms with E-state index >= 15 is 4.39 Å². The minimum atomic E-state index is -3.91. The molecule has 0 heterocycles. The maximum Gasteiger partial charge on any atom is 0.426 e. The Morgan fingerprint density at radius 2 is 1.81 bits per heavy atom. The van der Waals surface area contributed by atoms with Gasteiger partial charge in [-0.15, -0.1) is 6.58 Å².